The van der Waals surface area contributed by atoms with E-state index in [0.717, 1.165) is 0 Å². The first-order valence-electron chi connectivity index (χ1n) is 5.53. The van der Waals surface area contributed by atoms with E-state index in [2.05, 4.69) is 10.3 Å². The van der Waals surface area contributed by atoms with Crippen molar-refractivity contribution in [2.75, 3.05) is 0 Å². The van der Waals surface area contributed by atoms with E-state index in [1.165, 1.54) is 4.68 Å². The van der Waals surface area contributed by atoms with E-state index in [0.29, 0.717) is 5.69 Å². The first-order valence-corrected chi connectivity index (χ1v) is 5.53. The van der Waals surface area contributed by atoms with Crippen LogP contribution in [0.2, 0.25) is 0 Å². The van der Waals surface area contributed by atoms with Gasteiger partial charge >= 0.3 is 5.97 Å². The number of aromatic carboxylic acids is 1. The molecule has 17 heavy (non-hydrogen) atoms. The summed E-state index contributed by atoms with van der Waals surface area (Å²) in [7, 11) is 0. The zero-order valence-electron chi connectivity index (χ0n) is 10.8. The number of carboxylic acids is 1. The van der Waals surface area contributed by atoms with Crippen LogP contribution in [0.15, 0.2) is 0 Å². The molecule has 0 saturated heterocycles. The predicted octanol–water partition coefficient (Wildman–Crippen LogP) is 1.22. The van der Waals surface area contributed by atoms with Crippen molar-refractivity contribution in [3.8, 4) is 0 Å². The lowest BCUT2D eigenvalue weighted by Crippen LogP contribution is -2.27. The third-order valence-corrected chi connectivity index (χ3v) is 2.69. The molecule has 6 heteroatoms. The molecule has 2 N–H and O–H groups in total. The minimum atomic E-state index is -1.10. The number of rotatable bonds is 3. The van der Waals surface area contributed by atoms with E-state index in [9.17, 15) is 9.90 Å². The number of carboxylic acid groups (broad SMARTS) is 1. The van der Waals surface area contributed by atoms with Crippen LogP contribution in [0.25, 0.3) is 0 Å². The first-order chi connectivity index (χ1) is 7.66. The predicted molar refractivity (Wildman–Crippen MR) is 62.1 cm³/mol. The highest BCUT2D eigenvalue weighted by atomic mass is 16.4. The number of aliphatic hydroxyl groups excluding tert-OH is 1. The van der Waals surface area contributed by atoms with Gasteiger partial charge < -0.3 is 10.2 Å². The molecule has 0 aliphatic carbocycles. The van der Waals surface area contributed by atoms with E-state index in [4.69, 9.17) is 5.11 Å². The molecule has 0 bridgehead atoms. The molecule has 0 aromatic carbocycles. The summed E-state index contributed by atoms with van der Waals surface area (Å²) in [6.45, 7) is 9.09. The number of aromatic nitrogens is 3. The summed E-state index contributed by atoms with van der Waals surface area (Å²) >= 11 is 0. The largest absolute Gasteiger partial charge is 0.476 e. The van der Waals surface area contributed by atoms with Gasteiger partial charge in [0.1, 0.15) is 0 Å². The molecule has 0 radical (unpaired) electrons. The number of nitrogens with zero attached hydrogens (tertiary/aromatic N) is 3. The second-order valence-electron chi connectivity index (χ2n) is 5.27. The van der Waals surface area contributed by atoms with Gasteiger partial charge in [-0.3, -0.25) is 0 Å². The smallest absolute Gasteiger partial charge is 0.358 e. The minimum absolute atomic E-state index is 0.0509. The van der Waals surface area contributed by atoms with Crippen molar-refractivity contribution in [3.05, 3.63) is 11.4 Å². The molecular weight excluding hydrogens is 222 g/mol. The van der Waals surface area contributed by atoms with Crippen LogP contribution < -0.4 is 0 Å². The van der Waals surface area contributed by atoms with Gasteiger partial charge in [-0.15, -0.1) is 5.10 Å². The highest BCUT2D eigenvalue weighted by molar-refractivity contribution is 5.86. The molecule has 1 aromatic heterocycles. The van der Waals surface area contributed by atoms with Crippen LogP contribution >= 0.6 is 0 Å². The van der Waals surface area contributed by atoms with Gasteiger partial charge in [-0.05, 0) is 13.8 Å². The number of hydrogen-bond donors (Lipinski definition) is 2. The SMILES string of the molecule is CC(O)C(C)n1nnc(C(=O)O)c1C(C)(C)C. The maximum absolute atomic E-state index is 11.1. The lowest BCUT2D eigenvalue weighted by atomic mass is 9.90. The van der Waals surface area contributed by atoms with Crippen LogP contribution in [0.4, 0.5) is 0 Å². The second-order valence-corrected chi connectivity index (χ2v) is 5.27. The Morgan fingerprint density at radius 3 is 2.24 bits per heavy atom. The third kappa shape index (κ3) is 2.63. The van der Waals surface area contributed by atoms with Gasteiger partial charge in [0.2, 0.25) is 0 Å². The van der Waals surface area contributed by atoms with Crippen molar-refractivity contribution >= 4 is 5.97 Å². The molecule has 0 fully saturated rings. The van der Waals surface area contributed by atoms with Crippen molar-refractivity contribution in [2.45, 2.75) is 52.2 Å². The van der Waals surface area contributed by atoms with E-state index in [-0.39, 0.29) is 11.7 Å². The Hall–Kier alpha value is -1.43. The molecule has 0 amide bonds. The van der Waals surface area contributed by atoms with Gasteiger partial charge in [0.05, 0.1) is 17.8 Å². The Balaban J connectivity index is 3.38. The summed E-state index contributed by atoms with van der Waals surface area (Å²) in [4.78, 5) is 11.1. The summed E-state index contributed by atoms with van der Waals surface area (Å²) in [6.07, 6.45) is -0.626. The van der Waals surface area contributed by atoms with E-state index >= 15 is 0 Å². The van der Waals surface area contributed by atoms with Gasteiger partial charge in [-0.2, -0.15) is 0 Å². The molecule has 2 unspecified atom stereocenters. The Bertz CT molecular complexity index is 418. The highest BCUT2D eigenvalue weighted by Gasteiger charge is 2.31. The Morgan fingerprint density at radius 2 is 1.88 bits per heavy atom. The number of aliphatic hydroxyl groups is 1. The molecule has 1 aromatic rings. The van der Waals surface area contributed by atoms with Gasteiger partial charge in [0, 0.05) is 5.41 Å². The average Bonchev–Trinajstić information content (AvgIpc) is 2.59. The fourth-order valence-electron chi connectivity index (χ4n) is 1.63. The lowest BCUT2D eigenvalue weighted by molar-refractivity contribution is 0.0686. The monoisotopic (exact) mass is 241 g/mol. The van der Waals surface area contributed by atoms with Crippen LogP contribution in [0.5, 0.6) is 0 Å². The maximum Gasteiger partial charge on any atom is 0.358 e. The summed E-state index contributed by atoms with van der Waals surface area (Å²) in [5, 5.41) is 26.2. The molecule has 0 spiro atoms. The van der Waals surface area contributed by atoms with Gasteiger partial charge in [-0.1, -0.05) is 26.0 Å². The summed E-state index contributed by atoms with van der Waals surface area (Å²) < 4.78 is 1.49. The number of carbonyl (C=O) groups is 1. The van der Waals surface area contributed by atoms with E-state index in [1.54, 1.807) is 13.8 Å². The maximum atomic E-state index is 11.1. The molecule has 0 aliphatic heterocycles. The van der Waals surface area contributed by atoms with Gasteiger partial charge in [0.15, 0.2) is 5.69 Å². The van der Waals surface area contributed by atoms with Crippen molar-refractivity contribution < 1.29 is 15.0 Å². The van der Waals surface area contributed by atoms with E-state index < -0.39 is 17.5 Å². The molecule has 0 saturated carbocycles. The van der Waals surface area contributed by atoms with Gasteiger partial charge in [-0.25, -0.2) is 9.48 Å². The molecule has 1 rings (SSSR count). The van der Waals surface area contributed by atoms with Crippen molar-refractivity contribution in [2.24, 2.45) is 0 Å². The number of hydrogen-bond acceptors (Lipinski definition) is 4. The van der Waals surface area contributed by atoms with Crippen LogP contribution in [0.1, 0.15) is 56.8 Å². The fraction of sp³-hybridized carbons (Fsp3) is 0.727. The van der Waals surface area contributed by atoms with Crippen molar-refractivity contribution in [1.82, 2.24) is 15.0 Å². The van der Waals surface area contributed by atoms with Crippen molar-refractivity contribution in [3.63, 3.8) is 0 Å². The Morgan fingerprint density at radius 1 is 1.35 bits per heavy atom. The van der Waals surface area contributed by atoms with Crippen molar-refractivity contribution in [1.29, 1.82) is 0 Å². The molecule has 2 atom stereocenters. The third-order valence-electron chi connectivity index (χ3n) is 2.69. The molecule has 1 heterocycles. The lowest BCUT2D eigenvalue weighted by Gasteiger charge is -2.24. The molecule has 6 nitrogen and oxygen atoms in total. The van der Waals surface area contributed by atoms with Crippen LogP contribution in [-0.4, -0.2) is 37.3 Å². The summed E-state index contributed by atoms with van der Waals surface area (Å²) in [5.74, 6) is -1.10. The quantitative estimate of drug-likeness (QED) is 0.830. The topological polar surface area (TPSA) is 88.2 Å². The van der Waals surface area contributed by atoms with E-state index in [1.807, 2.05) is 20.8 Å². The zero-order chi connectivity index (χ0) is 13.4. The summed E-state index contributed by atoms with van der Waals surface area (Å²) in [5.41, 5.74) is 0.0730. The zero-order valence-corrected chi connectivity index (χ0v) is 10.8. The van der Waals surface area contributed by atoms with Crippen LogP contribution in [0, 0.1) is 0 Å². The normalized spacial score (nSPS) is 15.6. The molecule has 0 aliphatic rings. The van der Waals surface area contributed by atoms with Crippen LogP contribution in [-0.2, 0) is 5.41 Å². The first kappa shape index (κ1) is 13.6. The Kier molecular flexibility index (Phi) is 3.56. The fourth-order valence-corrected chi connectivity index (χ4v) is 1.63. The molecular formula is C11H19N3O3. The average molecular weight is 241 g/mol. The second kappa shape index (κ2) is 4.44. The highest BCUT2D eigenvalue weighted by Crippen LogP contribution is 2.27. The molecule has 96 valence electrons. The van der Waals surface area contributed by atoms with Gasteiger partial charge in [0.25, 0.3) is 0 Å². The van der Waals surface area contributed by atoms with Crippen LogP contribution in [0.3, 0.4) is 0 Å². The summed E-state index contributed by atoms with van der Waals surface area (Å²) in [6, 6.07) is -0.315. The minimum Gasteiger partial charge on any atom is -0.476 e. The standard InChI is InChI=1S/C11H19N3O3/c1-6(7(2)15)14-9(11(3,4)5)8(10(16)17)12-13-14/h6-7,15H,1-5H3,(H,16,17). The Labute approximate surface area is 100 Å².